The fraction of sp³-hybridized carbons (Fsp3) is 0.261. The lowest BCUT2D eigenvalue weighted by Crippen LogP contribution is -2.29. The molecule has 0 unspecified atom stereocenters. The summed E-state index contributed by atoms with van der Waals surface area (Å²) in [5, 5.41) is 18.7. The Morgan fingerprint density at radius 2 is 1.97 bits per heavy atom. The SMILES string of the molecule is Cl.O=C(Nc1n[nH]c2ccc(OCc3ccccc3)cc12)c1cnn(C2CCNCC2)c1. The normalized spacial score (nSPS) is 14.1. The number of aromatic amines is 1. The Kier molecular flexibility index (Phi) is 6.72. The van der Waals surface area contributed by atoms with Crippen molar-refractivity contribution < 1.29 is 9.53 Å². The highest BCUT2D eigenvalue weighted by molar-refractivity contribution is 6.07. The van der Waals surface area contributed by atoms with Crippen molar-refractivity contribution in [3.63, 3.8) is 0 Å². The van der Waals surface area contributed by atoms with E-state index in [4.69, 9.17) is 4.74 Å². The van der Waals surface area contributed by atoms with Gasteiger partial charge in [-0.05, 0) is 49.7 Å². The minimum absolute atomic E-state index is 0. The Morgan fingerprint density at radius 3 is 2.78 bits per heavy atom. The van der Waals surface area contributed by atoms with Gasteiger partial charge in [0.2, 0.25) is 0 Å². The molecule has 0 radical (unpaired) electrons. The van der Waals surface area contributed by atoms with Crippen molar-refractivity contribution in [3.05, 3.63) is 72.1 Å². The fourth-order valence-corrected chi connectivity index (χ4v) is 3.83. The van der Waals surface area contributed by atoms with Crippen LogP contribution >= 0.6 is 12.4 Å². The largest absolute Gasteiger partial charge is 0.489 e. The summed E-state index contributed by atoms with van der Waals surface area (Å²) >= 11 is 0. The van der Waals surface area contributed by atoms with E-state index in [1.54, 1.807) is 6.20 Å². The quantitative estimate of drug-likeness (QED) is 0.411. The topological polar surface area (TPSA) is 96.9 Å². The van der Waals surface area contributed by atoms with E-state index in [0.717, 1.165) is 42.4 Å². The molecule has 1 amide bonds. The monoisotopic (exact) mass is 452 g/mol. The predicted molar refractivity (Wildman–Crippen MR) is 125 cm³/mol. The molecule has 32 heavy (non-hydrogen) atoms. The smallest absolute Gasteiger partial charge is 0.260 e. The van der Waals surface area contributed by atoms with E-state index in [2.05, 4.69) is 25.9 Å². The second-order valence-electron chi connectivity index (χ2n) is 7.70. The van der Waals surface area contributed by atoms with Crippen LogP contribution in [0.2, 0.25) is 0 Å². The molecule has 1 aliphatic rings. The number of amides is 1. The second kappa shape index (κ2) is 9.84. The molecule has 5 rings (SSSR count). The lowest BCUT2D eigenvalue weighted by atomic mass is 10.1. The zero-order valence-electron chi connectivity index (χ0n) is 17.5. The fourth-order valence-electron chi connectivity index (χ4n) is 3.83. The lowest BCUT2D eigenvalue weighted by Gasteiger charge is -2.22. The van der Waals surface area contributed by atoms with Gasteiger partial charge in [-0.2, -0.15) is 10.2 Å². The van der Waals surface area contributed by atoms with Crippen molar-refractivity contribution in [1.82, 2.24) is 25.3 Å². The molecule has 3 heterocycles. The average molecular weight is 453 g/mol. The van der Waals surface area contributed by atoms with Crippen molar-refractivity contribution in [1.29, 1.82) is 0 Å². The Labute approximate surface area is 191 Å². The van der Waals surface area contributed by atoms with Gasteiger partial charge in [-0.25, -0.2) is 0 Å². The summed E-state index contributed by atoms with van der Waals surface area (Å²) in [6, 6.07) is 16.0. The van der Waals surface area contributed by atoms with Crippen molar-refractivity contribution in [2.45, 2.75) is 25.5 Å². The molecule has 166 valence electrons. The first-order chi connectivity index (χ1) is 15.3. The number of carbonyl (C=O) groups is 1. The average Bonchev–Trinajstić information content (AvgIpc) is 3.47. The van der Waals surface area contributed by atoms with Crippen LogP contribution in [-0.2, 0) is 6.61 Å². The van der Waals surface area contributed by atoms with Crippen LogP contribution < -0.4 is 15.4 Å². The van der Waals surface area contributed by atoms with Gasteiger partial charge in [-0.1, -0.05) is 30.3 Å². The molecule has 1 saturated heterocycles. The standard InChI is InChI=1S/C23H24N6O2.ClH/c30-23(17-13-25-29(14-17)18-8-10-24-11-9-18)26-22-20-12-19(6-7-21(20)27-28-22)31-15-16-4-2-1-3-5-16;/h1-7,12-14,18,24H,8-11,15H2,(H2,26,27,28,30);1H. The van der Waals surface area contributed by atoms with Gasteiger partial charge in [-0.15, -0.1) is 12.4 Å². The summed E-state index contributed by atoms with van der Waals surface area (Å²) in [6.45, 7) is 2.42. The number of fused-ring (bicyclic) bond motifs is 1. The summed E-state index contributed by atoms with van der Waals surface area (Å²) in [5.41, 5.74) is 2.44. The Balaban J connectivity index is 0.00000245. The van der Waals surface area contributed by atoms with E-state index in [-0.39, 0.29) is 18.3 Å². The zero-order valence-corrected chi connectivity index (χ0v) is 18.3. The van der Waals surface area contributed by atoms with E-state index >= 15 is 0 Å². The number of hydrogen-bond acceptors (Lipinski definition) is 5. The molecule has 1 aliphatic heterocycles. The Morgan fingerprint density at radius 1 is 1.16 bits per heavy atom. The molecular weight excluding hydrogens is 428 g/mol. The highest BCUT2D eigenvalue weighted by Gasteiger charge is 2.18. The van der Waals surface area contributed by atoms with Crippen LogP contribution in [0.15, 0.2) is 60.9 Å². The number of H-pyrrole nitrogens is 1. The van der Waals surface area contributed by atoms with E-state index < -0.39 is 0 Å². The number of aromatic nitrogens is 4. The van der Waals surface area contributed by atoms with Crippen LogP contribution in [-0.4, -0.2) is 39.0 Å². The molecule has 0 aliphatic carbocycles. The van der Waals surface area contributed by atoms with Crippen molar-refractivity contribution in [3.8, 4) is 5.75 Å². The van der Waals surface area contributed by atoms with E-state index in [1.807, 2.05) is 59.4 Å². The van der Waals surface area contributed by atoms with E-state index in [0.29, 0.717) is 29.8 Å². The first-order valence-electron chi connectivity index (χ1n) is 10.5. The highest BCUT2D eigenvalue weighted by Crippen LogP contribution is 2.26. The van der Waals surface area contributed by atoms with Gasteiger partial charge >= 0.3 is 0 Å². The maximum Gasteiger partial charge on any atom is 0.260 e. The minimum atomic E-state index is -0.232. The molecule has 0 spiro atoms. The molecule has 0 bridgehead atoms. The van der Waals surface area contributed by atoms with Gasteiger partial charge in [0.25, 0.3) is 5.91 Å². The number of ether oxygens (including phenoxy) is 1. The number of anilines is 1. The van der Waals surface area contributed by atoms with Gasteiger partial charge < -0.3 is 15.4 Å². The lowest BCUT2D eigenvalue weighted by molar-refractivity contribution is 0.102. The van der Waals surface area contributed by atoms with Crippen LogP contribution in [0.25, 0.3) is 10.9 Å². The molecule has 2 aromatic heterocycles. The van der Waals surface area contributed by atoms with Gasteiger partial charge in [0.05, 0.1) is 23.3 Å². The summed E-state index contributed by atoms with van der Waals surface area (Å²) in [5.74, 6) is 0.955. The summed E-state index contributed by atoms with van der Waals surface area (Å²) in [6.07, 6.45) is 5.45. The van der Waals surface area contributed by atoms with Crippen molar-refractivity contribution in [2.24, 2.45) is 0 Å². The molecule has 8 nitrogen and oxygen atoms in total. The zero-order chi connectivity index (χ0) is 21.0. The number of benzene rings is 2. The van der Waals surface area contributed by atoms with Gasteiger partial charge in [-0.3, -0.25) is 14.6 Å². The first kappa shape index (κ1) is 21.9. The number of carbonyl (C=O) groups excluding carboxylic acids is 1. The van der Waals surface area contributed by atoms with Gasteiger partial charge in [0.15, 0.2) is 5.82 Å². The first-order valence-corrected chi connectivity index (χ1v) is 10.5. The Bertz CT molecular complexity index is 1180. The van der Waals surface area contributed by atoms with Crippen LogP contribution in [0.5, 0.6) is 5.75 Å². The van der Waals surface area contributed by atoms with Crippen LogP contribution in [0.1, 0.15) is 34.8 Å². The Hall–Kier alpha value is -3.36. The minimum Gasteiger partial charge on any atom is -0.489 e. The van der Waals surface area contributed by atoms with Gasteiger partial charge in [0, 0.05) is 11.6 Å². The maximum atomic E-state index is 12.8. The number of nitrogens with one attached hydrogen (secondary N) is 3. The number of nitrogens with zero attached hydrogens (tertiary/aromatic N) is 3. The van der Waals surface area contributed by atoms with Crippen molar-refractivity contribution >= 4 is 35.0 Å². The highest BCUT2D eigenvalue weighted by atomic mass is 35.5. The van der Waals surface area contributed by atoms with E-state index in [9.17, 15) is 4.79 Å². The number of hydrogen-bond donors (Lipinski definition) is 3. The predicted octanol–water partition coefficient (Wildman–Crippen LogP) is 3.94. The summed E-state index contributed by atoms with van der Waals surface area (Å²) in [4.78, 5) is 12.8. The van der Waals surface area contributed by atoms with Crippen LogP contribution in [0.3, 0.4) is 0 Å². The third kappa shape index (κ3) is 4.76. The third-order valence-corrected chi connectivity index (χ3v) is 5.56. The third-order valence-electron chi connectivity index (χ3n) is 5.56. The molecule has 1 fully saturated rings. The maximum absolute atomic E-state index is 12.8. The molecule has 9 heteroatoms. The summed E-state index contributed by atoms with van der Waals surface area (Å²) < 4.78 is 7.81. The molecule has 2 aromatic carbocycles. The number of halogens is 1. The van der Waals surface area contributed by atoms with E-state index in [1.165, 1.54) is 0 Å². The summed E-state index contributed by atoms with van der Waals surface area (Å²) in [7, 11) is 0. The second-order valence-corrected chi connectivity index (χ2v) is 7.70. The van der Waals surface area contributed by atoms with Gasteiger partial charge in [0.1, 0.15) is 12.4 Å². The molecular formula is C23H25ClN6O2. The van der Waals surface area contributed by atoms with Crippen LogP contribution in [0, 0.1) is 0 Å². The number of piperidine rings is 1. The van der Waals surface area contributed by atoms with Crippen molar-refractivity contribution in [2.75, 3.05) is 18.4 Å². The molecule has 0 saturated carbocycles. The number of rotatable bonds is 6. The van der Waals surface area contributed by atoms with Crippen LogP contribution in [0.4, 0.5) is 5.82 Å². The molecule has 3 N–H and O–H groups in total. The molecule has 0 atom stereocenters. The molecule has 4 aromatic rings.